The summed E-state index contributed by atoms with van der Waals surface area (Å²) in [7, 11) is 0. The number of carbonyl (C=O) groups is 2. The van der Waals surface area contributed by atoms with Crippen LogP contribution in [-0.4, -0.2) is 27.8 Å². The van der Waals surface area contributed by atoms with Gasteiger partial charge in [-0.05, 0) is 66.6 Å². The molecule has 1 aliphatic carbocycles. The number of ether oxygens (including phenoxy) is 1. The van der Waals surface area contributed by atoms with Gasteiger partial charge in [-0.1, -0.05) is 55.7 Å². The van der Waals surface area contributed by atoms with Crippen molar-refractivity contribution in [3.8, 4) is 5.75 Å². The summed E-state index contributed by atoms with van der Waals surface area (Å²) in [5.74, 6) is 0.762. The number of aromatic nitrogens is 1. The Labute approximate surface area is 219 Å². The molecular weight excluding hydrogens is 462 g/mol. The van der Waals surface area contributed by atoms with Crippen molar-refractivity contribution >= 4 is 11.8 Å². The summed E-state index contributed by atoms with van der Waals surface area (Å²) in [5.41, 5.74) is 3.55. The first kappa shape index (κ1) is 25.0. The Morgan fingerprint density at radius 2 is 1.62 bits per heavy atom. The van der Waals surface area contributed by atoms with Crippen molar-refractivity contribution < 1.29 is 14.3 Å². The van der Waals surface area contributed by atoms with E-state index in [0.29, 0.717) is 24.8 Å². The first-order valence-corrected chi connectivity index (χ1v) is 13.5. The third-order valence-corrected chi connectivity index (χ3v) is 7.37. The Morgan fingerprint density at radius 1 is 0.892 bits per heavy atom. The molecule has 3 aromatic rings. The second-order valence-corrected chi connectivity index (χ2v) is 10.2. The monoisotopic (exact) mass is 497 g/mol. The van der Waals surface area contributed by atoms with E-state index in [2.05, 4.69) is 22.4 Å². The maximum Gasteiger partial charge on any atom is 0.252 e. The first-order chi connectivity index (χ1) is 18.2. The highest BCUT2D eigenvalue weighted by atomic mass is 16.5. The van der Waals surface area contributed by atoms with Crippen LogP contribution in [0.3, 0.4) is 0 Å². The van der Waals surface area contributed by atoms with Crippen molar-refractivity contribution in [1.29, 1.82) is 0 Å². The molecule has 2 aliphatic rings. The normalized spacial score (nSPS) is 17.8. The number of carbonyl (C=O) groups excluding carboxylic acids is 2. The number of pyridine rings is 1. The fourth-order valence-electron chi connectivity index (χ4n) is 5.35. The lowest BCUT2D eigenvalue weighted by molar-refractivity contribution is -0.133. The van der Waals surface area contributed by atoms with Crippen LogP contribution in [0.25, 0.3) is 0 Å². The van der Waals surface area contributed by atoms with E-state index in [0.717, 1.165) is 35.3 Å². The van der Waals surface area contributed by atoms with Gasteiger partial charge in [-0.15, -0.1) is 0 Å². The van der Waals surface area contributed by atoms with Gasteiger partial charge in [0.2, 0.25) is 5.91 Å². The Kier molecular flexibility index (Phi) is 8.14. The zero-order valence-corrected chi connectivity index (χ0v) is 21.3. The van der Waals surface area contributed by atoms with E-state index in [9.17, 15) is 9.59 Å². The minimum Gasteiger partial charge on any atom is -0.490 e. The molecule has 1 aromatic heterocycles. The Bertz CT molecular complexity index is 1190. The maximum atomic E-state index is 13.5. The fraction of sp³-hybridized carbons (Fsp3) is 0.387. The fourth-order valence-corrected chi connectivity index (χ4v) is 5.35. The van der Waals surface area contributed by atoms with Crippen molar-refractivity contribution in [1.82, 2.24) is 15.2 Å². The predicted octanol–water partition coefficient (Wildman–Crippen LogP) is 5.98. The zero-order valence-electron chi connectivity index (χ0n) is 21.3. The number of hydrogen-bond acceptors (Lipinski definition) is 4. The van der Waals surface area contributed by atoms with E-state index in [1.807, 2.05) is 53.4 Å². The topological polar surface area (TPSA) is 71.5 Å². The average molecular weight is 498 g/mol. The number of hydrogen-bond donors (Lipinski definition) is 1. The zero-order chi connectivity index (χ0) is 25.5. The highest BCUT2D eigenvalue weighted by Gasteiger charge is 2.31. The average Bonchev–Trinajstić information content (AvgIpc) is 3.22. The molecule has 2 amide bonds. The van der Waals surface area contributed by atoms with Crippen LogP contribution in [-0.2, 0) is 17.9 Å². The summed E-state index contributed by atoms with van der Waals surface area (Å²) in [6.45, 7) is 0.926. The minimum absolute atomic E-state index is 0.0132. The highest BCUT2D eigenvalue weighted by molar-refractivity contribution is 5.99. The number of benzene rings is 2. The lowest BCUT2D eigenvalue weighted by atomic mass is 9.98. The van der Waals surface area contributed by atoms with E-state index >= 15 is 0 Å². The molecule has 1 unspecified atom stereocenters. The van der Waals surface area contributed by atoms with Crippen molar-refractivity contribution in [2.75, 3.05) is 0 Å². The number of nitrogens with one attached hydrogen (secondary N) is 1. The van der Waals surface area contributed by atoms with E-state index in [4.69, 9.17) is 4.74 Å². The summed E-state index contributed by atoms with van der Waals surface area (Å²) in [6.07, 6.45) is 12.7. The van der Waals surface area contributed by atoms with E-state index in [1.54, 1.807) is 12.4 Å². The summed E-state index contributed by atoms with van der Waals surface area (Å²) < 4.78 is 6.30. The van der Waals surface area contributed by atoms with Gasteiger partial charge in [-0.3, -0.25) is 14.6 Å². The molecule has 1 aliphatic heterocycles. The van der Waals surface area contributed by atoms with Gasteiger partial charge in [-0.25, -0.2) is 0 Å². The molecule has 2 heterocycles. The molecule has 0 bridgehead atoms. The molecular formula is C31H35N3O3. The van der Waals surface area contributed by atoms with Crippen LogP contribution in [0.5, 0.6) is 5.75 Å². The molecule has 1 atom stereocenters. The van der Waals surface area contributed by atoms with Gasteiger partial charge in [0.15, 0.2) is 0 Å². The SMILES string of the molecule is O=C1NC(CC(=O)N(Cc2ccc(OC3CCCCCCC3)cc2)Cc2cccnc2)c2ccccc21. The van der Waals surface area contributed by atoms with Crippen LogP contribution in [0.4, 0.5) is 0 Å². The molecule has 2 aromatic carbocycles. The second-order valence-electron chi connectivity index (χ2n) is 10.2. The van der Waals surface area contributed by atoms with Crippen LogP contribution in [0.1, 0.15) is 84.5 Å². The molecule has 5 rings (SSSR count). The van der Waals surface area contributed by atoms with Crippen LogP contribution in [0.15, 0.2) is 73.1 Å². The smallest absolute Gasteiger partial charge is 0.252 e. The molecule has 0 radical (unpaired) electrons. The molecule has 1 saturated carbocycles. The van der Waals surface area contributed by atoms with E-state index in [1.165, 1.54) is 32.1 Å². The summed E-state index contributed by atoms with van der Waals surface area (Å²) >= 11 is 0. The summed E-state index contributed by atoms with van der Waals surface area (Å²) in [4.78, 5) is 32.0. The van der Waals surface area contributed by atoms with Crippen LogP contribution < -0.4 is 10.1 Å². The van der Waals surface area contributed by atoms with Gasteiger partial charge in [0.25, 0.3) is 5.91 Å². The lowest BCUT2D eigenvalue weighted by Crippen LogP contribution is -2.33. The van der Waals surface area contributed by atoms with Crippen molar-refractivity contribution in [3.63, 3.8) is 0 Å². The standard InChI is InChI=1S/C31H35N3O3/c35-30(19-29-27-12-6-7-13-28(27)31(36)33-29)34(22-24-9-8-18-32-20-24)21-23-14-16-26(17-15-23)37-25-10-4-2-1-3-5-11-25/h6-9,12-18,20,25,29H,1-5,10-11,19,21-22H2,(H,33,36). The minimum atomic E-state index is -0.313. The Hall–Kier alpha value is -3.67. The molecule has 6 nitrogen and oxygen atoms in total. The van der Waals surface area contributed by atoms with Crippen molar-refractivity contribution in [3.05, 3.63) is 95.3 Å². The van der Waals surface area contributed by atoms with Crippen molar-refractivity contribution in [2.45, 2.75) is 76.6 Å². The number of amides is 2. The first-order valence-electron chi connectivity index (χ1n) is 13.5. The van der Waals surface area contributed by atoms with Crippen LogP contribution >= 0.6 is 0 Å². The molecule has 192 valence electrons. The highest BCUT2D eigenvalue weighted by Crippen LogP contribution is 2.29. The molecule has 37 heavy (non-hydrogen) atoms. The molecule has 6 heteroatoms. The van der Waals surface area contributed by atoms with Gasteiger partial charge >= 0.3 is 0 Å². The largest absolute Gasteiger partial charge is 0.490 e. The van der Waals surface area contributed by atoms with Gasteiger partial charge in [0.05, 0.1) is 18.6 Å². The Balaban J connectivity index is 1.27. The maximum absolute atomic E-state index is 13.5. The number of nitrogens with zero attached hydrogens (tertiary/aromatic N) is 2. The van der Waals surface area contributed by atoms with Gasteiger partial charge in [0, 0.05) is 31.0 Å². The molecule has 1 N–H and O–H groups in total. The number of rotatable bonds is 8. The van der Waals surface area contributed by atoms with E-state index in [-0.39, 0.29) is 24.3 Å². The van der Waals surface area contributed by atoms with Crippen LogP contribution in [0.2, 0.25) is 0 Å². The molecule has 0 spiro atoms. The van der Waals surface area contributed by atoms with Crippen LogP contribution in [0, 0.1) is 0 Å². The number of fused-ring (bicyclic) bond motifs is 1. The molecule has 1 fully saturated rings. The lowest BCUT2D eigenvalue weighted by Gasteiger charge is -2.25. The second kappa shape index (κ2) is 12.0. The summed E-state index contributed by atoms with van der Waals surface area (Å²) in [5, 5.41) is 2.97. The van der Waals surface area contributed by atoms with Gasteiger partial charge < -0.3 is 15.0 Å². The van der Waals surface area contributed by atoms with Crippen molar-refractivity contribution in [2.24, 2.45) is 0 Å². The summed E-state index contributed by atoms with van der Waals surface area (Å²) in [6, 6.07) is 19.2. The van der Waals surface area contributed by atoms with Gasteiger partial charge in [-0.2, -0.15) is 0 Å². The molecule has 0 saturated heterocycles. The third-order valence-electron chi connectivity index (χ3n) is 7.37. The van der Waals surface area contributed by atoms with E-state index < -0.39 is 0 Å². The Morgan fingerprint density at radius 3 is 2.38 bits per heavy atom. The quantitative estimate of drug-likeness (QED) is 0.416. The predicted molar refractivity (Wildman–Crippen MR) is 143 cm³/mol. The van der Waals surface area contributed by atoms with Gasteiger partial charge in [0.1, 0.15) is 5.75 Å². The third kappa shape index (κ3) is 6.56.